The van der Waals surface area contributed by atoms with Gasteiger partial charge >= 0.3 is 13.1 Å². The van der Waals surface area contributed by atoms with Gasteiger partial charge < -0.3 is 14.0 Å². The largest absolute Gasteiger partial charge is 0.496 e. The van der Waals surface area contributed by atoms with E-state index in [2.05, 4.69) is 21.6 Å². The predicted octanol–water partition coefficient (Wildman–Crippen LogP) is 0.905. The average molecular weight is 287 g/mol. The van der Waals surface area contributed by atoms with E-state index in [1.165, 1.54) is 7.11 Å². The van der Waals surface area contributed by atoms with Gasteiger partial charge in [0.25, 0.3) is 0 Å². The summed E-state index contributed by atoms with van der Waals surface area (Å²) in [6.07, 6.45) is 1.64. The van der Waals surface area contributed by atoms with Gasteiger partial charge in [0.05, 0.1) is 18.3 Å². The fraction of sp³-hybridized carbons (Fsp3) is 0.467. The SMILES string of the molecule is COC(=O)C#Cc1ccc(B2OC(C)(C)C(C)(C)O2)cn1. The predicted molar refractivity (Wildman–Crippen MR) is 78.8 cm³/mol. The molecule has 21 heavy (non-hydrogen) atoms. The van der Waals surface area contributed by atoms with Gasteiger partial charge in [0, 0.05) is 17.6 Å². The first kappa shape index (κ1) is 15.6. The molecular formula is C15H18BNO4. The Morgan fingerprint density at radius 3 is 2.33 bits per heavy atom. The van der Waals surface area contributed by atoms with Crippen LogP contribution in [0.4, 0.5) is 0 Å². The Balaban J connectivity index is 2.13. The van der Waals surface area contributed by atoms with Crippen molar-refractivity contribution in [3.05, 3.63) is 24.0 Å². The van der Waals surface area contributed by atoms with Crippen molar-refractivity contribution in [3.8, 4) is 11.8 Å². The molecule has 1 aromatic rings. The van der Waals surface area contributed by atoms with Crippen LogP contribution in [-0.4, -0.2) is 36.4 Å². The van der Waals surface area contributed by atoms with Gasteiger partial charge in [-0.2, -0.15) is 0 Å². The van der Waals surface area contributed by atoms with Gasteiger partial charge in [-0.05, 0) is 39.7 Å². The van der Waals surface area contributed by atoms with Crippen molar-refractivity contribution in [2.45, 2.75) is 38.9 Å². The number of hydrogen-bond acceptors (Lipinski definition) is 5. The van der Waals surface area contributed by atoms with Gasteiger partial charge in [0.1, 0.15) is 5.69 Å². The minimum Gasteiger partial charge on any atom is -0.459 e. The van der Waals surface area contributed by atoms with Crippen LogP contribution in [0, 0.1) is 11.8 Å². The number of methoxy groups -OCH3 is 1. The smallest absolute Gasteiger partial charge is 0.459 e. The van der Waals surface area contributed by atoms with Crippen LogP contribution in [0.15, 0.2) is 18.3 Å². The number of aromatic nitrogens is 1. The zero-order chi connectivity index (χ0) is 15.7. The van der Waals surface area contributed by atoms with Crippen LogP contribution in [-0.2, 0) is 18.8 Å². The van der Waals surface area contributed by atoms with E-state index in [0.29, 0.717) is 5.69 Å². The van der Waals surface area contributed by atoms with E-state index in [9.17, 15) is 4.79 Å². The lowest BCUT2D eigenvalue weighted by Crippen LogP contribution is -2.41. The van der Waals surface area contributed by atoms with E-state index in [1.54, 1.807) is 12.3 Å². The molecule has 5 nitrogen and oxygen atoms in total. The number of carbonyl (C=O) groups is 1. The second kappa shape index (κ2) is 5.51. The van der Waals surface area contributed by atoms with E-state index in [1.807, 2.05) is 33.8 Å². The van der Waals surface area contributed by atoms with E-state index in [0.717, 1.165) is 5.46 Å². The lowest BCUT2D eigenvalue weighted by Gasteiger charge is -2.32. The van der Waals surface area contributed by atoms with Crippen molar-refractivity contribution in [3.63, 3.8) is 0 Å². The third-order valence-corrected chi connectivity index (χ3v) is 3.79. The third-order valence-electron chi connectivity index (χ3n) is 3.79. The van der Waals surface area contributed by atoms with Crippen molar-refractivity contribution >= 4 is 18.6 Å². The topological polar surface area (TPSA) is 57.7 Å². The quantitative estimate of drug-likeness (QED) is 0.436. The fourth-order valence-electron chi connectivity index (χ4n) is 1.76. The Hall–Kier alpha value is -1.84. The molecule has 0 radical (unpaired) electrons. The molecule has 0 aromatic carbocycles. The van der Waals surface area contributed by atoms with Gasteiger partial charge in [-0.15, -0.1) is 0 Å². The highest BCUT2D eigenvalue weighted by atomic mass is 16.7. The Morgan fingerprint density at radius 2 is 1.86 bits per heavy atom. The van der Waals surface area contributed by atoms with Crippen LogP contribution >= 0.6 is 0 Å². The molecule has 0 bridgehead atoms. The van der Waals surface area contributed by atoms with Crippen LogP contribution in [0.3, 0.4) is 0 Å². The molecule has 0 unspecified atom stereocenters. The Kier molecular flexibility index (Phi) is 4.08. The summed E-state index contributed by atoms with van der Waals surface area (Å²) < 4.78 is 16.3. The van der Waals surface area contributed by atoms with Crippen LogP contribution in [0.1, 0.15) is 33.4 Å². The Bertz CT molecular complexity index is 582. The minimum absolute atomic E-state index is 0.388. The number of esters is 1. The molecular weight excluding hydrogens is 269 g/mol. The molecule has 1 aliphatic rings. The van der Waals surface area contributed by atoms with Crippen LogP contribution in [0.25, 0.3) is 0 Å². The normalized spacial score (nSPS) is 18.8. The summed E-state index contributed by atoms with van der Waals surface area (Å²) in [6, 6.07) is 3.55. The lowest BCUT2D eigenvalue weighted by molar-refractivity contribution is -0.133. The van der Waals surface area contributed by atoms with Crippen molar-refractivity contribution in [2.75, 3.05) is 7.11 Å². The van der Waals surface area contributed by atoms with E-state index >= 15 is 0 Å². The molecule has 0 aliphatic carbocycles. The second-order valence-corrected chi connectivity index (χ2v) is 5.81. The number of rotatable bonds is 1. The van der Waals surface area contributed by atoms with Crippen molar-refractivity contribution in [1.82, 2.24) is 4.98 Å². The van der Waals surface area contributed by atoms with Crippen molar-refractivity contribution < 1.29 is 18.8 Å². The first-order valence-corrected chi connectivity index (χ1v) is 6.67. The maximum atomic E-state index is 10.9. The van der Waals surface area contributed by atoms with Gasteiger partial charge in [-0.25, -0.2) is 9.78 Å². The highest BCUT2D eigenvalue weighted by Crippen LogP contribution is 2.36. The Labute approximate surface area is 125 Å². The fourth-order valence-corrected chi connectivity index (χ4v) is 1.76. The molecule has 0 amide bonds. The lowest BCUT2D eigenvalue weighted by atomic mass is 9.80. The van der Waals surface area contributed by atoms with E-state index < -0.39 is 13.1 Å². The standard InChI is InChI=1S/C15H18BNO4/c1-14(2)15(3,4)21-16(20-14)11-6-7-12(17-10-11)8-9-13(18)19-5/h6-7,10H,1-5H3. The van der Waals surface area contributed by atoms with Gasteiger partial charge in [0.2, 0.25) is 0 Å². The van der Waals surface area contributed by atoms with Crippen molar-refractivity contribution in [2.24, 2.45) is 0 Å². The summed E-state index contributed by atoms with van der Waals surface area (Å²) in [5.41, 5.74) is 0.528. The van der Waals surface area contributed by atoms with Crippen LogP contribution < -0.4 is 5.46 Å². The molecule has 2 rings (SSSR count). The first-order valence-electron chi connectivity index (χ1n) is 6.67. The van der Waals surface area contributed by atoms with E-state index in [4.69, 9.17) is 9.31 Å². The van der Waals surface area contributed by atoms with Gasteiger partial charge in [-0.3, -0.25) is 0 Å². The first-order chi connectivity index (χ1) is 9.75. The van der Waals surface area contributed by atoms with Gasteiger partial charge in [0.15, 0.2) is 0 Å². The van der Waals surface area contributed by atoms with Crippen molar-refractivity contribution in [1.29, 1.82) is 0 Å². The number of ether oxygens (including phenoxy) is 1. The highest BCUT2D eigenvalue weighted by Gasteiger charge is 2.51. The summed E-state index contributed by atoms with van der Waals surface area (Å²) in [5.74, 6) is 4.37. The monoisotopic (exact) mass is 287 g/mol. The summed E-state index contributed by atoms with van der Waals surface area (Å²) in [5, 5.41) is 0. The molecule has 0 atom stereocenters. The highest BCUT2D eigenvalue weighted by molar-refractivity contribution is 6.62. The molecule has 0 saturated carbocycles. The van der Waals surface area contributed by atoms with Crippen LogP contribution in [0.2, 0.25) is 0 Å². The molecule has 6 heteroatoms. The van der Waals surface area contributed by atoms with Crippen LogP contribution in [0.5, 0.6) is 0 Å². The summed E-state index contributed by atoms with van der Waals surface area (Å²) in [6.45, 7) is 7.99. The maximum Gasteiger partial charge on any atom is 0.496 e. The molecule has 0 spiro atoms. The Morgan fingerprint density at radius 1 is 1.24 bits per heavy atom. The second-order valence-electron chi connectivity index (χ2n) is 5.81. The maximum absolute atomic E-state index is 10.9. The zero-order valence-corrected chi connectivity index (χ0v) is 12.9. The number of hydrogen-bond donors (Lipinski definition) is 0. The van der Waals surface area contributed by atoms with E-state index in [-0.39, 0.29) is 11.2 Å². The summed E-state index contributed by atoms with van der Waals surface area (Å²) >= 11 is 0. The molecule has 2 heterocycles. The molecule has 1 aromatic heterocycles. The van der Waals surface area contributed by atoms with Gasteiger partial charge in [-0.1, -0.05) is 6.07 Å². The number of pyridine rings is 1. The zero-order valence-electron chi connectivity index (χ0n) is 12.9. The average Bonchev–Trinajstić information content (AvgIpc) is 2.65. The summed E-state index contributed by atoms with van der Waals surface area (Å²) in [4.78, 5) is 15.1. The number of carbonyl (C=O) groups excluding carboxylic acids is 1. The molecule has 1 saturated heterocycles. The molecule has 0 N–H and O–H groups in total. The number of nitrogens with zero attached hydrogens (tertiary/aromatic N) is 1. The minimum atomic E-state index is -0.591. The molecule has 1 aliphatic heterocycles. The summed E-state index contributed by atoms with van der Waals surface area (Å²) in [7, 11) is 0.830. The molecule has 1 fully saturated rings. The third kappa shape index (κ3) is 3.26. The molecule has 110 valence electrons.